The normalized spacial score (nSPS) is 11.3. The van der Waals surface area contributed by atoms with E-state index in [9.17, 15) is 0 Å². The average Bonchev–Trinajstić information content (AvgIpc) is 2.98. The monoisotopic (exact) mass is 264 g/mol. The SMILES string of the molecule is CC(C)CNCCCc1ncc(-c2ccsc2)o1. The van der Waals surface area contributed by atoms with Crippen LogP contribution in [0.2, 0.25) is 0 Å². The number of hydrogen-bond acceptors (Lipinski definition) is 4. The summed E-state index contributed by atoms with van der Waals surface area (Å²) >= 11 is 1.67. The van der Waals surface area contributed by atoms with Crippen LogP contribution in [-0.2, 0) is 6.42 Å². The summed E-state index contributed by atoms with van der Waals surface area (Å²) in [4.78, 5) is 4.32. The van der Waals surface area contributed by atoms with Gasteiger partial charge in [-0.3, -0.25) is 0 Å². The van der Waals surface area contributed by atoms with E-state index in [0.717, 1.165) is 43.1 Å². The molecular formula is C14H20N2OS. The van der Waals surface area contributed by atoms with Crippen molar-refractivity contribution in [2.24, 2.45) is 5.92 Å². The van der Waals surface area contributed by atoms with Crippen LogP contribution in [-0.4, -0.2) is 18.1 Å². The molecule has 0 bridgehead atoms. The smallest absolute Gasteiger partial charge is 0.194 e. The fourth-order valence-corrected chi connectivity index (χ4v) is 2.36. The molecule has 0 saturated carbocycles. The van der Waals surface area contributed by atoms with Gasteiger partial charge in [0.25, 0.3) is 0 Å². The Bertz CT molecular complexity index is 448. The molecule has 0 amide bonds. The largest absolute Gasteiger partial charge is 0.441 e. The number of hydrogen-bond donors (Lipinski definition) is 1. The molecule has 3 nitrogen and oxygen atoms in total. The number of oxazole rings is 1. The summed E-state index contributed by atoms with van der Waals surface area (Å²) in [6.45, 7) is 6.53. The molecule has 18 heavy (non-hydrogen) atoms. The first-order valence-electron chi connectivity index (χ1n) is 6.43. The van der Waals surface area contributed by atoms with Gasteiger partial charge in [-0.2, -0.15) is 11.3 Å². The topological polar surface area (TPSA) is 38.1 Å². The van der Waals surface area contributed by atoms with Gasteiger partial charge < -0.3 is 9.73 Å². The van der Waals surface area contributed by atoms with E-state index in [1.54, 1.807) is 11.3 Å². The van der Waals surface area contributed by atoms with Gasteiger partial charge in [0.15, 0.2) is 11.7 Å². The lowest BCUT2D eigenvalue weighted by Gasteiger charge is -2.05. The van der Waals surface area contributed by atoms with Gasteiger partial charge >= 0.3 is 0 Å². The maximum absolute atomic E-state index is 5.72. The van der Waals surface area contributed by atoms with Crippen molar-refractivity contribution in [3.8, 4) is 11.3 Å². The first kappa shape index (κ1) is 13.3. The van der Waals surface area contributed by atoms with E-state index in [1.807, 2.05) is 11.6 Å². The van der Waals surface area contributed by atoms with Gasteiger partial charge in [0.2, 0.25) is 0 Å². The van der Waals surface area contributed by atoms with Gasteiger partial charge in [0, 0.05) is 17.4 Å². The third kappa shape index (κ3) is 3.96. The summed E-state index contributed by atoms with van der Waals surface area (Å²) in [5, 5.41) is 7.55. The van der Waals surface area contributed by atoms with Crippen molar-refractivity contribution in [3.63, 3.8) is 0 Å². The van der Waals surface area contributed by atoms with Crippen molar-refractivity contribution in [1.82, 2.24) is 10.3 Å². The standard InChI is InChI=1S/C14H20N2OS/c1-11(2)8-15-6-3-4-14-16-9-13(17-14)12-5-7-18-10-12/h5,7,9-11,15H,3-4,6,8H2,1-2H3. The van der Waals surface area contributed by atoms with Gasteiger partial charge in [0.1, 0.15) is 0 Å². The van der Waals surface area contributed by atoms with Crippen LogP contribution in [0, 0.1) is 5.92 Å². The number of aryl methyl sites for hydroxylation is 1. The number of rotatable bonds is 7. The lowest BCUT2D eigenvalue weighted by molar-refractivity contribution is 0.483. The second kappa shape index (κ2) is 6.71. The Labute approximate surface area is 112 Å². The second-order valence-corrected chi connectivity index (χ2v) is 5.61. The molecule has 0 aromatic carbocycles. The van der Waals surface area contributed by atoms with E-state index < -0.39 is 0 Å². The van der Waals surface area contributed by atoms with Crippen LogP contribution in [0.4, 0.5) is 0 Å². The first-order chi connectivity index (χ1) is 8.75. The molecule has 0 aliphatic carbocycles. The Morgan fingerprint density at radius 3 is 3.06 bits per heavy atom. The fourth-order valence-electron chi connectivity index (χ4n) is 1.72. The van der Waals surface area contributed by atoms with Gasteiger partial charge in [-0.15, -0.1) is 0 Å². The molecule has 0 saturated heterocycles. The molecule has 98 valence electrons. The van der Waals surface area contributed by atoms with E-state index in [0.29, 0.717) is 5.92 Å². The Morgan fingerprint density at radius 2 is 2.33 bits per heavy atom. The van der Waals surface area contributed by atoms with Crippen LogP contribution in [0.3, 0.4) is 0 Å². The predicted molar refractivity (Wildman–Crippen MR) is 75.8 cm³/mol. The average molecular weight is 264 g/mol. The van der Waals surface area contributed by atoms with Gasteiger partial charge in [0.05, 0.1) is 6.20 Å². The van der Waals surface area contributed by atoms with Crippen molar-refractivity contribution < 1.29 is 4.42 Å². The zero-order valence-corrected chi connectivity index (χ0v) is 11.8. The lowest BCUT2D eigenvalue weighted by Crippen LogP contribution is -2.21. The molecule has 0 aliphatic rings. The van der Waals surface area contributed by atoms with Crippen LogP contribution in [0.5, 0.6) is 0 Å². The van der Waals surface area contributed by atoms with Crippen molar-refractivity contribution in [2.75, 3.05) is 13.1 Å². The minimum absolute atomic E-state index is 0.705. The van der Waals surface area contributed by atoms with Gasteiger partial charge in [-0.05, 0) is 36.9 Å². The van der Waals surface area contributed by atoms with Crippen molar-refractivity contribution >= 4 is 11.3 Å². The zero-order valence-electron chi connectivity index (χ0n) is 11.0. The van der Waals surface area contributed by atoms with Gasteiger partial charge in [-0.1, -0.05) is 13.8 Å². The summed E-state index contributed by atoms with van der Waals surface area (Å²) < 4.78 is 5.72. The van der Waals surface area contributed by atoms with E-state index in [4.69, 9.17) is 4.42 Å². The first-order valence-corrected chi connectivity index (χ1v) is 7.38. The molecule has 2 heterocycles. The summed E-state index contributed by atoms with van der Waals surface area (Å²) in [5.41, 5.74) is 1.12. The summed E-state index contributed by atoms with van der Waals surface area (Å²) in [7, 11) is 0. The number of thiophene rings is 1. The molecule has 1 N–H and O–H groups in total. The Kier molecular flexibility index (Phi) is 4.96. The molecule has 4 heteroatoms. The quantitative estimate of drug-likeness (QED) is 0.777. The molecule has 0 aliphatic heterocycles. The van der Waals surface area contributed by atoms with E-state index in [1.165, 1.54) is 0 Å². The number of nitrogens with one attached hydrogen (secondary N) is 1. The Balaban J connectivity index is 1.74. The number of nitrogens with zero attached hydrogens (tertiary/aromatic N) is 1. The second-order valence-electron chi connectivity index (χ2n) is 4.83. The molecule has 0 unspecified atom stereocenters. The third-order valence-electron chi connectivity index (χ3n) is 2.66. The molecule has 2 rings (SSSR count). The summed E-state index contributed by atoms with van der Waals surface area (Å²) in [5.74, 6) is 2.42. The lowest BCUT2D eigenvalue weighted by atomic mass is 10.2. The van der Waals surface area contributed by atoms with Crippen molar-refractivity contribution in [2.45, 2.75) is 26.7 Å². The van der Waals surface area contributed by atoms with Crippen LogP contribution >= 0.6 is 11.3 Å². The number of aromatic nitrogens is 1. The molecular weight excluding hydrogens is 244 g/mol. The fraction of sp³-hybridized carbons (Fsp3) is 0.500. The van der Waals surface area contributed by atoms with Crippen molar-refractivity contribution in [1.29, 1.82) is 0 Å². The Hall–Kier alpha value is -1.13. The van der Waals surface area contributed by atoms with Crippen LogP contribution in [0.1, 0.15) is 26.2 Å². The van der Waals surface area contributed by atoms with E-state index in [2.05, 4.69) is 35.6 Å². The minimum atomic E-state index is 0.705. The highest BCUT2D eigenvalue weighted by molar-refractivity contribution is 7.08. The minimum Gasteiger partial charge on any atom is -0.441 e. The maximum Gasteiger partial charge on any atom is 0.194 e. The van der Waals surface area contributed by atoms with Crippen LogP contribution < -0.4 is 5.32 Å². The molecule has 0 atom stereocenters. The summed E-state index contributed by atoms with van der Waals surface area (Å²) in [6.07, 6.45) is 3.78. The highest BCUT2D eigenvalue weighted by Gasteiger charge is 2.06. The highest BCUT2D eigenvalue weighted by atomic mass is 32.1. The van der Waals surface area contributed by atoms with Crippen LogP contribution in [0.25, 0.3) is 11.3 Å². The zero-order chi connectivity index (χ0) is 12.8. The summed E-state index contributed by atoms with van der Waals surface area (Å²) in [6, 6.07) is 2.05. The maximum atomic E-state index is 5.72. The van der Waals surface area contributed by atoms with E-state index >= 15 is 0 Å². The van der Waals surface area contributed by atoms with Crippen LogP contribution in [0.15, 0.2) is 27.4 Å². The molecule has 0 radical (unpaired) electrons. The van der Waals surface area contributed by atoms with Crippen molar-refractivity contribution in [3.05, 3.63) is 28.9 Å². The predicted octanol–water partition coefficient (Wildman–Crippen LogP) is 3.58. The Morgan fingerprint density at radius 1 is 1.44 bits per heavy atom. The van der Waals surface area contributed by atoms with Gasteiger partial charge in [-0.25, -0.2) is 4.98 Å². The highest BCUT2D eigenvalue weighted by Crippen LogP contribution is 2.22. The molecule has 0 spiro atoms. The third-order valence-corrected chi connectivity index (χ3v) is 3.34. The molecule has 2 aromatic rings. The molecule has 0 fully saturated rings. The van der Waals surface area contributed by atoms with E-state index in [-0.39, 0.29) is 0 Å². The molecule has 2 aromatic heterocycles.